The number of rotatable bonds is 8. The Morgan fingerprint density at radius 1 is 0.893 bits per heavy atom. The molecule has 0 aromatic heterocycles. The van der Waals surface area contributed by atoms with E-state index in [-0.39, 0.29) is 24.8 Å². The van der Waals surface area contributed by atoms with Crippen LogP contribution in [0.25, 0.3) is 0 Å². The maximum absolute atomic E-state index is 12.9. The zero-order chi connectivity index (χ0) is 19.8. The number of esters is 1. The number of benzene rings is 2. The highest BCUT2D eigenvalue weighted by atomic mass is 16.5. The van der Waals surface area contributed by atoms with Crippen LogP contribution < -0.4 is 5.73 Å². The van der Waals surface area contributed by atoms with Gasteiger partial charge in [-0.1, -0.05) is 79.9 Å². The molecule has 0 amide bonds. The van der Waals surface area contributed by atoms with Gasteiger partial charge in [-0.05, 0) is 24.0 Å². The fourth-order valence-corrected chi connectivity index (χ4v) is 4.18. The van der Waals surface area contributed by atoms with Crippen molar-refractivity contribution in [1.82, 2.24) is 0 Å². The van der Waals surface area contributed by atoms with E-state index in [1.165, 1.54) is 0 Å². The van der Waals surface area contributed by atoms with Crippen LogP contribution in [0.2, 0.25) is 0 Å². The third-order valence-corrected chi connectivity index (χ3v) is 5.82. The first-order valence-electron chi connectivity index (χ1n) is 10.1. The summed E-state index contributed by atoms with van der Waals surface area (Å²) >= 11 is 0. The van der Waals surface area contributed by atoms with Gasteiger partial charge in [-0.25, -0.2) is 0 Å². The third kappa shape index (κ3) is 5.29. The minimum atomic E-state index is -0.641. The SMILES string of the molecule is NC(C(=O)Cc1ccccc1)C1(CC(=O)OCc2ccccc2)CCCCC1. The Balaban J connectivity index is 1.65. The lowest BCUT2D eigenvalue weighted by Crippen LogP contribution is -2.50. The lowest BCUT2D eigenvalue weighted by atomic mass is 9.65. The van der Waals surface area contributed by atoms with E-state index in [2.05, 4.69) is 0 Å². The summed E-state index contributed by atoms with van der Waals surface area (Å²) in [5, 5.41) is 0. The maximum atomic E-state index is 12.9. The van der Waals surface area contributed by atoms with Gasteiger partial charge in [0.05, 0.1) is 12.5 Å². The summed E-state index contributed by atoms with van der Waals surface area (Å²) in [7, 11) is 0. The molecular formula is C24H29NO3. The number of ether oxygens (including phenoxy) is 1. The molecule has 0 spiro atoms. The van der Waals surface area contributed by atoms with Crippen molar-refractivity contribution >= 4 is 11.8 Å². The predicted octanol–water partition coefficient (Wildman–Crippen LogP) is 4.21. The van der Waals surface area contributed by atoms with Gasteiger partial charge in [0.1, 0.15) is 6.61 Å². The van der Waals surface area contributed by atoms with Crippen LogP contribution in [0.3, 0.4) is 0 Å². The fraction of sp³-hybridized carbons (Fsp3) is 0.417. The molecule has 0 aliphatic heterocycles. The molecule has 2 aromatic carbocycles. The topological polar surface area (TPSA) is 69.4 Å². The van der Waals surface area contributed by atoms with Gasteiger partial charge in [0.15, 0.2) is 5.78 Å². The molecule has 1 unspecified atom stereocenters. The zero-order valence-corrected chi connectivity index (χ0v) is 16.3. The van der Waals surface area contributed by atoms with Crippen LogP contribution in [0.4, 0.5) is 0 Å². The summed E-state index contributed by atoms with van der Waals surface area (Å²) in [6.45, 7) is 0.253. The highest BCUT2D eigenvalue weighted by Crippen LogP contribution is 2.42. The molecule has 2 N–H and O–H groups in total. The number of hydrogen-bond acceptors (Lipinski definition) is 4. The Labute approximate surface area is 167 Å². The first kappa shape index (κ1) is 20.3. The number of ketones is 1. The zero-order valence-electron chi connectivity index (χ0n) is 16.3. The summed E-state index contributed by atoms with van der Waals surface area (Å²) in [4.78, 5) is 25.5. The van der Waals surface area contributed by atoms with Gasteiger partial charge >= 0.3 is 5.97 Å². The second kappa shape index (κ2) is 9.65. The molecule has 2 aromatic rings. The van der Waals surface area contributed by atoms with Crippen molar-refractivity contribution in [3.8, 4) is 0 Å². The average molecular weight is 380 g/mol. The van der Waals surface area contributed by atoms with Crippen molar-refractivity contribution in [3.05, 3.63) is 71.8 Å². The molecule has 1 saturated carbocycles. The van der Waals surface area contributed by atoms with Crippen LogP contribution in [0, 0.1) is 5.41 Å². The van der Waals surface area contributed by atoms with Gasteiger partial charge in [-0.2, -0.15) is 0 Å². The smallest absolute Gasteiger partial charge is 0.306 e. The highest BCUT2D eigenvalue weighted by Gasteiger charge is 2.43. The number of carbonyl (C=O) groups is 2. The Kier molecular flexibility index (Phi) is 6.99. The molecule has 4 heteroatoms. The molecule has 1 aliphatic carbocycles. The quantitative estimate of drug-likeness (QED) is 0.698. The van der Waals surface area contributed by atoms with Gasteiger partial charge in [0.25, 0.3) is 0 Å². The predicted molar refractivity (Wildman–Crippen MR) is 110 cm³/mol. The van der Waals surface area contributed by atoms with Crippen molar-refractivity contribution in [2.75, 3.05) is 0 Å². The average Bonchev–Trinajstić information content (AvgIpc) is 2.74. The van der Waals surface area contributed by atoms with Crippen molar-refractivity contribution < 1.29 is 14.3 Å². The van der Waals surface area contributed by atoms with Gasteiger partial charge < -0.3 is 10.5 Å². The van der Waals surface area contributed by atoms with E-state index >= 15 is 0 Å². The summed E-state index contributed by atoms with van der Waals surface area (Å²) in [5.41, 5.74) is 7.90. The number of nitrogens with two attached hydrogens (primary N) is 1. The molecule has 4 nitrogen and oxygen atoms in total. The van der Waals surface area contributed by atoms with Crippen molar-refractivity contribution in [3.63, 3.8) is 0 Å². The van der Waals surface area contributed by atoms with E-state index in [1.807, 2.05) is 60.7 Å². The monoisotopic (exact) mass is 379 g/mol. The number of carbonyl (C=O) groups excluding carboxylic acids is 2. The molecule has 28 heavy (non-hydrogen) atoms. The van der Waals surface area contributed by atoms with Crippen molar-refractivity contribution in [2.24, 2.45) is 11.1 Å². The van der Waals surface area contributed by atoms with Crippen molar-refractivity contribution in [1.29, 1.82) is 0 Å². The van der Waals surface area contributed by atoms with Crippen LogP contribution in [0.1, 0.15) is 49.7 Å². The van der Waals surface area contributed by atoms with Gasteiger partial charge in [0.2, 0.25) is 0 Å². The Morgan fingerprint density at radius 3 is 2.07 bits per heavy atom. The second-order valence-corrected chi connectivity index (χ2v) is 7.85. The lowest BCUT2D eigenvalue weighted by Gasteiger charge is -2.40. The lowest BCUT2D eigenvalue weighted by molar-refractivity contribution is -0.149. The summed E-state index contributed by atoms with van der Waals surface area (Å²) in [6, 6.07) is 18.6. The summed E-state index contributed by atoms with van der Waals surface area (Å²) < 4.78 is 5.50. The van der Waals surface area contributed by atoms with Gasteiger partial charge in [0, 0.05) is 11.8 Å². The summed E-state index contributed by atoms with van der Waals surface area (Å²) in [5.74, 6) is -0.266. The third-order valence-electron chi connectivity index (χ3n) is 5.82. The van der Waals surface area contributed by atoms with E-state index in [0.717, 1.165) is 43.2 Å². The van der Waals surface area contributed by atoms with Gasteiger partial charge in [-0.15, -0.1) is 0 Å². The van der Waals surface area contributed by atoms with Crippen LogP contribution in [-0.2, 0) is 27.4 Å². The maximum Gasteiger partial charge on any atom is 0.306 e. The standard InChI is InChI=1S/C24H29NO3/c25-23(21(26)16-19-10-4-1-5-11-19)24(14-8-3-9-15-24)17-22(27)28-18-20-12-6-2-7-13-20/h1-2,4-7,10-13,23H,3,8-9,14-18,25H2. The molecule has 0 bridgehead atoms. The van der Waals surface area contributed by atoms with Crippen LogP contribution in [0.15, 0.2) is 60.7 Å². The Hall–Kier alpha value is -2.46. The molecule has 0 radical (unpaired) electrons. The first-order chi connectivity index (χ1) is 13.6. The highest BCUT2D eigenvalue weighted by molar-refractivity contribution is 5.87. The molecule has 0 heterocycles. The van der Waals surface area contributed by atoms with Crippen LogP contribution >= 0.6 is 0 Å². The largest absolute Gasteiger partial charge is 0.461 e. The van der Waals surface area contributed by atoms with E-state index in [4.69, 9.17) is 10.5 Å². The van der Waals surface area contributed by atoms with Crippen LogP contribution in [0.5, 0.6) is 0 Å². The minimum absolute atomic E-state index is 0.00367. The molecule has 1 atom stereocenters. The first-order valence-corrected chi connectivity index (χ1v) is 10.1. The van der Waals surface area contributed by atoms with Crippen molar-refractivity contribution in [2.45, 2.75) is 57.6 Å². The van der Waals surface area contributed by atoms with Gasteiger partial charge in [-0.3, -0.25) is 9.59 Å². The molecular weight excluding hydrogens is 350 g/mol. The second-order valence-electron chi connectivity index (χ2n) is 7.85. The molecule has 1 fully saturated rings. The van der Waals surface area contributed by atoms with E-state index in [1.54, 1.807) is 0 Å². The Bertz CT molecular complexity index is 767. The summed E-state index contributed by atoms with van der Waals surface area (Å²) in [6.07, 6.45) is 5.24. The van der Waals surface area contributed by atoms with Crippen LogP contribution in [-0.4, -0.2) is 17.8 Å². The molecule has 1 aliphatic rings. The van der Waals surface area contributed by atoms with E-state index < -0.39 is 11.5 Å². The van der Waals surface area contributed by atoms with E-state index in [9.17, 15) is 9.59 Å². The Morgan fingerprint density at radius 2 is 1.46 bits per heavy atom. The molecule has 148 valence electrons. The van der Waals surface area contributed by atoms with E-state index in [0.29, 0.717) is 6.42 Å². The fourth-order valence-electron chi connectivity index (χ4n) is 4.18. The molecule has 0 saturated heterocycles. The molecule has 3 rings (SSSR count). The minimum Gasteiger partial charge on any atom is -0.461 e. The number of hydrogen-bond donors (Lipinski definition) is 1. The normalized spacial score (nSPS) is 16.9. The number of Topliss-reactive ketones (excluding diaryl/α,β-unsaturated/α-hetero) is 1.